The van der Waals surface area contributed by atoms with Gasteiger partial charge in [-0.25, -0.2) is 8.42 Å². The van der Waals surface area contributed by atoms with Gasteiger partial charge in [-0.05, 0) is 75.9 Å². The van der Waals surface area contributed by atoms with Crippen molar-refractivity contribution in [3.8, 4) is 0 Å². The average molecular weight is 571 g/mol. The van der Waals surface area contributed by atoms with Gasteiger partial charge >= 0.3 is 0 Å². The molecular weight excluding hydrogens is 533 g/mol. The summed E-state index contributed by atoms with van der Waals surface area (Å²) in [5, 5.41) is 3.69. The van der Waals surface area contributed by atoms with Gasteiger partial charge in [0.15, 0.2) is 0 Å². The van der Waals surface area contributed by atoms with Crippen LogP contribution in [0.15, 0.2) is 36.4 Å². The molecule has 0 unspecified atom stereocenters. The molecule has 2 rings (SSSR count). The normalized spacial score (nSPS) is 12.4. The Hall–Kier alpha value is -2.29. The Morgan fingerprint density at radius 2 is 1.59 bits per heavy atom. The number of hydrogen-bond acceptors (Lipinski definition) is 4. The van der Waals surface area contributed by atoms with Gasteiger partial charge in [0.05, 0.1) is 11.9 Å². The summed E-state index contributed by atoms with van der Waals surface area (Å²) < 4.78 is 26.5. The third-order valence-electron chi connectivity index (χ3n) is 5.85. The number of carbonyl (C=O) groups is 2. The Kier molecular flexibility index (Phi) is 11.3. The minimum absolute atomic E-state index is 0.0460. The summed E-state index contributed by atoms with van der Waals surface area (Å²) in [6, 6.07) is 9.86. The van der Waals surface area contributed by atoms with Gasteiger partial charge < -0.3 is 10.2 Å². The first-order valence-corrected chi connectivity index (χ1v) is 14.9. The molecule has 7 nitrogen and oxygen atoms in total. The first-order valence-electron chi connectivity index (χ1n) is 12.3. The predicted molar refractivity (Wildman–Crippen MR) is 152 cm³/mol. The Morgan fingerprint density at radius 3 is 2.08 bits per heavy atom. The number of anilines is 1. The lowest BCUT2D eigenvalue weighted by atomic mass is 10.1. The van der Waals surface area contributed by atoms with Gasteiger partial charge in [-0.2, -0.15) is 0 Å². The Balaban J connectivity index is 2.30. The van der Waals surface area contributed by atoms with Crippen LogP contribution in [0.2, 0.25) is 10.0 Å². The van der Waals surface area contributed by atoms with Gasteiger partial charge in [0.1, 0.15) is 6.04 Å². The maximum Gasteiger partial charge on any atom is 0.243 e. The van der Waals surface area contributed by atoms with Gasteiger partial charge in [0.2, 0.25) is 21.8 Å². The molecule has 1 N–H and O–H groups in total. The molecule has 0 heterocycles. The first-order chi connectivity index (χ1) is 17.2. The molecule has 0 saturated heterocycles. The van der Waals surface area contributed by atoms with Crippen LogP contribution in [0.5, 0.6) is 0 Å². The second-order valence-electron chi connectivity index (χ2n) is 9.59. The van der Waals surface area contributed by atoms with E-state index in [1.807, 2.05) is 52.8 Å². The van der Waals surface area contributed by atoms with E-state index in [9.17, 15) is 18.0 Å². The molecule has 2 aromatic rings. The van der Waals surface area contributed by atoms with Gasteiger partial charge in [0, 0.05) is 41.2 Å². The molecule has 0 bridgehead atoms. The van der Waals surface area contributed by atoms with E-state index in [0.29, 0.717) is 27.7 Å². The monoisotopic (exact) mass is 569 g/mol. The Morgan fingerprint density at radius 1 is 1.03 bits per heavy atom. The predicted octanol–water partition coefficient (Wildman–Crippen LogP) is 5.49. The largest absolute Gasteiger partial charge is 0.352 e. The number of benzene rings is 2. The van der Waals surface area contributed by atoms with Crippen molar-refractivity contribution in [1.29, 1.82) is 0 Å². The summed E-state index contributed by atoms with van der Waals surface area (Å²) in [6.45, 7) is 9.56. The minimum Gasteiger partial charge on any atom is -0.352 e. The van der Waals surface area contributed by atoms with E-state index in [2.05, 4.69) is 5.32 Å². The molecule has 0 aromatic heterocycles. The number of carbonyl (C=O) groups excluding carboxylic acids is 2. The number of hydrogen-bond donors (Lipinski definition) is 1. The van der Waals surface area contributed by atoms with Crippen LogP contribution in [0.3, 0.4) is 0 Å². The topological polar surface area (TPSA) is 86.8 Å². The van der Waals surface area contributed by atoms with Crippen LogP contribution in [0, 0.1) is 13.8 Å². The fourth-order valence-corrected chi connectivity index (χ4v) is 5.72. The zero-order valence-electron chi connectivity index (χ0n) is 22.3. The van der Waals surface area contributed by atoms with Crippen molar-refractivity contribution in [3.63, 3.8) is 0 Å². The standard InChI is InChI=1S/C27H37Cl2N3O4S/c1-7-25(27(34)30-18(2)3)31(17-22-23(28)10-8-11-24(22)29)26(33)12-9-13-32(37(6,35)36)21-15-19(4)14-20(5)16-21/h8,10-11,14-16,18,25H,7,9,12-13,17H2,1-6H3,(H,30,34)/t25-/m1/s1. The second-order valence-corrected chi connectivity index (χ2v) is 12.3. The number of aryl methyl sites for hydroxylation is 2. The third kappa shape index (κ3) is 8.90. The Bertz CT molecular complexity index is 1180. The molecule has 0 aliphatic heterocycles. The molecule has 0 spiro atoms. The van der Waals surface area contributed by atoms with Crippen molar-refractivity contribution in [3.05, 3.63) is 63.1 Å². The van der Waals surface area contributed by atoms with E-state index in [0.717, 1.165) is 17.4 Å². The van der Waals surface area contributed by atoms with E-state index in [1.165, 1.54) is 9.21 Å². The molecule has 1 atom stereocenters. The number of halogens is 2. The van der Waals surface area contributed by atoms with Gasteiger partial charge in [-0.3, -0.25) is 13.9 Å². The lowest BCUT2D eigenvalue weighted by Crippen LogP contribution is -2.50. The highest BCUT2D eigenvalue weighted by Gasteiger charge is 2.30. The van der Waals surface area contributed by atoms with Gasteiger partial charge in [-0.1, -0.05) is 42.3 Å². The lowest BCUT2D eigenvalue weighted by Gasteiger charge is -2.32. The van der Waals surface area contributed by atoms with Crippen LogP contribution in [0.25, 0.3) is 0 Å². The summed E-state index contributed by atoms with van der Waals surface area (Å²) >= 11 is 12.8. The number of nitrogens with one attached hydrogen (secondary N) is 1. The Labute approximate surface area is 231 Å². The molecule has 2 amide bonds. The minimum atomic E-state index is -3.57. The van der Waals surface area contributed by atoms with Crippen molar-refractivity contribution in [2.75, 3.05) is 17.1 Å². The molecule has 10 heteroatoms. The summed E-state index contributed by atoms with van der Waals surface area (Å²) in [5.74, 6) is -0.544. The van der Waals surface area contributed by atoms with E-state index < -0.39 is 16.1 Å². The maximum atomic E-state index is 13.5. The average Bonchev–Trinajstić information content (AvgIpc) is 2.76. The van der Waals surface area contributed by atoms with Crippen molar-refractivity contribution in [2.45, 2.75) is 72.5 Å². The molecule has 0 radical (unpaired) electrons. The van der Waals surface area contributed by atoms with Crippen LogP contribution < -0.4 is 9.62 Å². The lowest BCUT2D eigenvalue weighted by molar-refractivity contribution is -0.141. The molecular formula is C27H37Cl2N3O4S. The molecule has 2 aromatic carbocycles. The number of sulfonamides is 1. The highest BCUT2D eigenvalue weighted by atomic mass is 35.5. The van der Waals surface area contributed by atoms with Crippen molar-refractivity contribution < 1.29 is 18.0 Å². The van der Waals surface area contributed by atoms with Gasteiger partial charge in [-0.15, -0.1) is 0 Å². The zero-order valence-corrected chi connectivity index (χ0v) is 24.7. The number of amides is 2. The molecule has 0 aliphatic carbocycles. The SMILES string of the molecule is CC[C@H](C(=O)NC(C)C)N(Cc1c(Cl)cccc1Cl)C(=O)CCCN(c1cc(C)cc(C)c1)S(C)(=O)=O. The van der Waals surface area contributed by atoms with E-state index in [1.54, 1.807) is 18.2 Å². The zero-order chi connectivity index (χ0) is 27.9. The molecule has 0 fully saturated rings. The third-order valence-corrected chi connectivity index (χ3v) is 7.76. The van der Waals surface area contributed by atoms with Crippen LogP contribution in [-0.2, 0) is 26.2 Å². The van der Waals surface area contributed by atoms with E-state index in [4.69, 9.17) is 23.2 Å². The van der Waals surface area contributed by atoms with Crippen molar-refractivity contribution in [2.24, 2.45) is 0 Å². The highest BCUT2D eigenvalue weighted by molar-refractivity contribution is 7.92. The molecule has 37 heavy (non-hydrogen) atoms. The fraction of sp³-hybridized carbons (Fsp3) is 0.481. The van der Waals surface area contributed by atoms with Crippen LogP contribution >= 0.6 is 23.2 Å². The second kappa shape index (κ2) is 13.5. The fourth-order valence-electron chi connectivity index (χ4n) is 4.25. The summed E-state index contributed by atoms with van der Waals surface area (Å²) in [7, 11) is -3.57. The van der Waals surface area contributed by atoms with Gasteiger partial charge in [0.25, 0.3) is 0 Å². The number of nitrogens with zero attached hydrogens (tertiary/aromatic N) is 2. The van der Waals surface area contributed by atoms with Crippen LogP contribution in [0.4, 0.5) is 5.69 Å². The van der Waals surface area contributed by atoms with Crippen LogP contribution in [-0.4, -0.2) is 50.0 Å². The van der Waals surface area contributed by atoms with Crippen molar-refractivity contribution in [1.82, 2.24) is 10.2 Å². The first kappa shape index (κ1) is 30.9. The van der Waals surface area contributed by atoms with Crippen LogP contribution in [0.1, 0.15) is 56.7 Å². The van der Waals surface area contributed by atoms with E-state index in [-0.39, 0.29) is 43.8 Å². The summed E-state index contributed by atoms with van der Waals surface area (Å²) in [4.78, 5) is 28.0. The van der Waals surface area contributed by atoms with E-state index >= 15 is 0 Å². The highest BCUT2D eigenvalue weighted by Crippen LogP contribution is 2.28. The number of rotatable bonds is 12. The molecule has 0 saturated carbocycles. The smallest absolute Gasteiger partial charge is 0.243 e. The summed E-state index contributed by atoms with van der Waals surface area (Å²) in [5.41, 5.74) is 3.02. The summed E-state index contributed by atoms with van der Waals surface area (Å²) in [6.07, 6.45) is 1.87. The maximum absolute atomic E-state index is 13.5. The molecule has 0 aliphatic rings. The van der Waals surface area contributed by atoms with Crippen molar-refractivity contribution >= 4 is 50.7 Å². The molecule has 204 valence electrons. The quantitative estimate of drug-likeness (QED) is 0.366.